The Balaban J connectivity index is 2.03. The summed E-state index contributed by atoms with van der Waals surface area (Å²) in [6.07, 6.45) is 4.11. The lowest BCUT2D eigenvalue weighted by Crippen LogP contribution is -2.42. The molecule has 0 saturated carbocycles. The quantitative estimate of drug-likeness (QED) is 0.785. The van der Waals surface area contributed by atoms with E-state index >= 15 is 0 Å². The van der Waals surface area contributed by atoms with E-state index in [1.807, 2.05) is 11.3 Å². The Hall–Kier alpha value is 0.140. The zero-order valence-electron chi connectivity index (χ0n) is 9.37. The van der Waals surface area contributed by atoms with Crippen molar-refractivity contribution in [3.8, 4) is 0 Å². The molecule has 1 saturated heterocycles. The molecule has 1 aromatic heterocycles. The molecule has 2 heterocycles. The number of piperidine rings is 1. The van der Waals surface area contributed by atoms with Gasteiger partial charge in [0.05, 0.1) is 3.79 Å². The van der Waals surface area contributed by atoms with Crippen LogP contribution in [-0.2, 0) is 6.54 Å². The molecule has 15 heavy (non-hydrogen) atoms. The van der Waals surface area contributed by atoms with Gasteiger partial charge in [0.25, 0.3) is 0 Å². The summed E-state index contributed by atoms with van der Waals surface area (Å²) in [6, 6.07) is 5.88. The number of hydrogen-bond acceptors (Lipinski definition) is 2. The van der Waals surface area contributed by atoms with E-state index in [1.54, 1.807) is 0 Å². The number of hydrogen-bond donors (Lipinski definition) is 0. The zero-order valence-corrected chi connectivity index (χ0v) is 11.8. The summed E-state index contributed by atoms with van der Waals surface area (Å²) in [5, 5.41) is 0. The second-order valence-electron chi connectivity index (χ2n) is 4.51. The molecule has 3 heteroatoms. The van der Waals surface area contributed by atoms with Crippen molar-refractivity contribution in [2.45, 2.75) is 51.7 Å². The van der Waals surface area contributed by atoms with Crippen LogP contribution in [0, 0.1) is 0 Å². The molecule has 0 amide bonds. The van der Waals surface area contributed by atoms with Crippen molar-refractivity contribution in [3.05, 3.63) is 20.8 Å². The van der Waals surface area contributed by atoms with Crippen molar-refractivity contribution in [2.24, 2.45) is 0 Å². The van der Waals surface area contributed by atoms with E-state index in [0.717, 1.165) is 18.6 Å². The Bertz CT molecular complexity index is 313. The molecule has 0 spiro atoms. The van der Waals surface area contributed by atoms with Gasteiger partial charge in [-0.25, -0.2) is 0 Å². The van der Waals surface area contributed by atoms with Crippen LogP contribution < -0.4 is 0 Å². The third-order valence-electron chi connectivity index (χ3n) is 3.34. The average molecular weight is 288 g/mol. The lowest BCUT2D eigenvalue weighted by molar-refractivity contribution is 0.0964. The summed E-state index contributed by atoms with van der Waals surface area (Å²) in [7, 11) is 0. The Morgan fingerprint density at radius 3 is 2.53 bits per heavy atom. The number of likely N-dealkylation sites (tertiary alicyclic amines) is 1. The fraction of sp³-hybridized carbons (Fsp3) is 0.667. The van der Waals surface area contributed by atoms with Gasteiger partial charge in [-0.15, -0.1) is 11.3 Å². The highest BCUT2D eigenvalue weighted by molar-refractivity contribution is 9.11. The lowest BCUT2D eigenvalue weighted by Gasteiger charge is -2.38. The number of thiophene rings is 1. The summed E-state index contributed by atoms with van der Waals surface area (Å²) in [4.78, 5) is 4.12. The van der Waals surface area contributed by atoms with Gasteiger partial charge in [0, 0.05) is 23.5 Å². The Labute approximate surface area is 105 Å². The molecule has 0 radical (unpaired) electrons. The van der Waals surface area contributed by atoms with Crippen molar-refractivity contribution in [1.29, 1.82) is 0 Å². The normalized spacial score (nSPS) is 28.2. The molecule has 1 aliphatic rings. The van der Waals surface area contributed by atoms with Gasteiger partial charge >= 0.3 is 0 Å². The van der Waals surface area contributed by atoms with E-state index < -0.39 is 0 Å². The molecular formula is C12H18BrNS. The van der Waals surface area contributed by atoms with Gasteiger partial charge in [0.15, 0.2) is 0 Å². The molecule has 84 valence electrons. The second kappa shape index (κ2) is 4.98. The Morgan fingerprint density at radius 2 is 2.00 bits per heavy atom. The van der Waals surface area contributed by atoms with Gasteiger partial charge in [-0.3, -0.25) is 4.90 Å². The fourth-order valence-corrected chi connectivity index (χ4v) is 3.90. The molecule has 1 aliphatic heterocycles. The van der Waals surface area contributed by atoms with Gasteiger partial charge in [0.1, 0.15) is 0 Å². The fourth-order valence-electron chi connectivity index (χ4n) is 2.40. The van der Waals surface area contributed by atoms with Gasteiger partial charge < -0.3 is 0 Å². The third kappa shape index (κ3) is 2.83. The highest BCUT2D eigenvalue weighted by Crippen LogP contribution is 2.28. The molecule has 0 N–H and O–H groups in total. The smallest absolute Gasteiger partial charge is 0.0701 e. The molecular weight excluding hydrogens is 270 g/mol. The van der Waals surface area contributed by atoms with Crippen LogP contribution in [0.1, 0.15) is 38.0 Å². The summed E-state index contributed by atoms with van der Waals surface area (Å²) >= 11 is 5.39. The van der Waals surface area contributed by atoms with Gasteiger partial charge in [-0.05, 0) is 54.8 Å². The van der Waals surface area contributed by atoms with Crippen LogP contribution in [0.15, 0.2) is 15.9 Å². The van der Waals surface area contributed by atoms with Crippen molar-refractivity contribution in [2.75, 3.05) is 0 Å². The number of nitrogens with zero attached hydrogens (tertiary/aromatic N) is 1. The highest BCUT2D eigenvalue weighted by atomic mass is 79.9. The van der Waals surface area contributed by atoms with Crippen LogP contribution >= 0.6 is 27.3 Å². The average Bonchev–Trinajstić information content (AvgIpc) is 2.58. The first-order chi connectivity index (χ1) is 7.16. The van der Waals surface area contributed by atoms with E-state index in [-0.39, 0.29) is 0 Å². The van der Waals surface area contributed by atoms with Crippen LogP contribution in [0.2, 0.25) is 0 Å². The predicted octanol–water partition coefficient (Wildman–Crippen LogP) is 4.27. The van der Waals surface area contributed by atoms with Crippen molar-refractivity contribution in [3.63, 3.8) is 0 Å². The summed E-state index contributed by atoms with van der Waals surface area (Å²) in [6.45, 7) is 5.84. The van der Waals surface area contributed by atoms with Crippen LogP contribution in [0.4, 0.5) is 0 Å². The van der Waals surface area contributed by atoms with Gasteiger partial charge in [-0.1, -0.05) is 6.42 Å². The van der Waals surface area contributed by atoms with Crippen molar-refractivity contribution in [1.82, 2.24) is 4.90 Å². The van der Waals surface area contributed by atoms with Gasteiger partial charge in [-0.2, -0.15) is 0 Å². The monoisotopic (exact) mass is 287 g/mol. The summed E-state index contributed by atoms with van der Waals surface area (Å²) in [5.74, 6) is 0. The maximum Gasteiger partial charge on any atom is 0.0701 e. The molecule has 0 aliphatic carbocycles. The first-order valence-electron chi connectivity index (χ1n) is 5.67. The minimum absolute atomic E-state index is 0.745. The maximum absolute atomic E-state index is 3.53. The summed E-state index contributed by atoms with van der Waals surface area (Å²) < 4.78 is 1.25. The first-order valence-corrected chi connectivity index (χ1v) is 7.27. The van der Waals surface area contributed by atoms with E-state index in [9.17, 15) is 0 Å². The van der Waals surface area contributed by atoms with E-state index in [0.29, 0.717) is 0 Å². The van der Waals surface area contributed by atoms with E-state index in [4.69, 9.17) is 0 Å². The minimum Gasteiger partial charge on any atom is -0.293 e. The van der Waals surface area contributed by atoms with E-state index in [2.05, 4.69) is 46.8 Å². The van der Waals surface area contributed by atoms with Crippen molar-refractivity contribution >= 4 is 27.3 Å². The molecule has 2 atom stereocenters. The molecule has 0 unspecified atom stereocenters. The lowest BCUT2D eigenvalue weighted by atomic mass is 9.97. The molecule has 0 aromatic carbocycles. The van der Waals surface area contributed by atoms with E-state index in [1.165, 1.54) is 27.9 Å². The van der Waals surface area contributed by atoms with Crippen LogP contribution in [0.5, 0.6) is 0 Å². The predicted molar refractivity (Wildman–Crippen MR) is 70.3 cm³/mol. The number of rotatable bonds is 2. The Morgan fingerprint density at radius 1 is 1.33 bits per heavy atom. The molecule has 1 nitrogen and oxygen atoms in total. The highest BCUT2D eigenvalue weighted by Gasteiger charge is 2.24. The SMILES string of the molecule is C[C@@H]1CCC[C@H](C)N1Cc1ccc(Br)s1. The Kier molecular flexibility index (Phi) is 3.86. The summed E-state index contributed by atoms with van der Waals surface area (Å²) in [5.41, 5.74) is 0. The van der Waals surface area contributed by atoms with Crippen LogP contribution in [0.3, 0.4) is 0 Å². The zero-order chi connectivity index (χ0) is 10.8. The molecule has 2 rings (SSSR count). The van der Waals surface area contributed by atoms with Crippen LogP contribution in [-0.4, -0.2) is 17.0 Å². The van der Waals surface area contributed by atoms with Crippen LogP contribution in [0.25, 0.3) is 0 Å². The second-order valence-corrected chi connectivity index (χ2v) is 7.05. The number of halogens is 1. The van der Waals surface area contributed by atoms with Crippen molar-refractivity contribution < 1.29 is 0 Å². The molecule has 1 fully saturated rings. The topological polar surface area (TPSA) is 3.24 Å². The maximum atomic E-state index is 3.53. The molecule has 1 aromatic rings. The third-order valence-corrected chi connectivity index (χ3v) is 4.95. The standard InChI is InChI=1S/C12H18BrNS/c1-9-4-3-5-10(2)14(9)8-11-6-7-12(13)15-11/h6-7,9-10H,3-5,8H2,1-2H3/t9-,10+. The molecule has 0 bridgehead atoms. The largest absolute Gasteiger partial charge is 0.293 e. The minimum atomic E-state index is 0.745. The first kappa shape index (κ1) is 11.6. The van der Waals surface area contributed by atoms with Gasteiger partial charge in [0.2, 0.25) is 0 Å².